The van der Waals surface area contributed by atoms with Crippen LogP contribution in [-0.2, 0) is 4.79 Å². The zero-order valence-corrected chi connectivity index (χ0v) is 14.6. The Labute approximate surface area is 147 Å². The van der Waals surface area contributed by atoms with Crippen LogP contribution in [0.5, 0.6) is 0 Å². The highest BCUT2D eigenvalue weighted by atomic mass is 35.5. The van der Waals surface area contributed by atoms with Crippen molar-refractivity contribution in [2.24, 2.45) is 0 Å². The minimum absolute atomic E-state index is 0.0109. The molecule has 5 nitrogen and oxygen atoms in total. The van der Waals surface area contributed by atoms with Gasteiger partial charge in [-0.05, 0) is 37.0 Å². The molecule has 2 fully saturated rings. The van der Waals surface area contributed by atoms with Crippen molar-refractivity contribution in [1.29, 1.82) is 0 Å². The molecule has 0 atom stereocenters. The largest absolute Gasteiger partial charge is 0.339 e. The number of hydrogen-bond donors (Lipinski definition) is 1. The number of carbonyl (C=O) groups is 2. The highest BCUT2D eigenvalue weighted by Crippen LogP contribution is 2.24. The molecule has 128 valence electrons. The summed E-state index contributed by atoms with van der Waals surface area (Å²) in [6, 6.07) is 7.79. The maximum absolute atomic E-state index is 12.5. The van der Waals surface area contributed by atoms with Crippen LogP contribution >= 0.6 is 11.6 Å². The number of urea groups is 1. The summed E-state index contributed by atoms with van der Waals surface area (Å²) in [6.07, 6.45) is 3.32. The summed E-state index contributed by atoms with van der Waals surface area (Å²) in [5.74, 6) is 0.0109. The molecule has 0 aromatic heterocycles. The zero-order chi connectivity index (χ0) is 17.1. The number of rotatable bonds is 3. The molecular weight excluding hydrogens is 326 g/mol. The van der Waals surface area contributed by atoms with Crippen LogP contribution in [0.3, 0.4) is 0 Å². The molecule has 0 bridgehead atoms. The minimum Gasteiger partial charge on any atom is -0.339 e. The number of nitrogens with one attached hydrogen (secondary N) is 1. The molecule has 0 aliphatic carbocycles. The van der Waals surface area contributed by atoms with Gasteiger partial charge in [0.1, 0.15) is 0 Å². The number of nitrogens with zero attached hydrogens (tertiary/aromatic N) is 2. The molecule has 2 aliphatic rings. The SMILES string of the molecule is C/C(=C\C(=O)N1CCC(N2CCNC2=O)CC1)c1ccccc1Cl. The Morgan fingerprint density at radius 2 is 1.96 bits per heavy atom. The van der Waals surface area contributed by atoms with Crippen LogP contribution < -0.4 is 5.32 Å². The first-order valence-corrected chi connectivity index (χ1v) is 8.70. The first kappa shape index (κ1) is 16.8. The Balaban J connectivity index is 1.60. The number of likely N-dealkylation sites (tertiary alicyclic amines) is 1. The van der Waals surface area contributed by atoms with Gasteiger partial charge in [0, 0.05) is 43.3 Å². The van der Waals surface area contributed by atoms with E-state index in [-0.39, 0.29) is 18.0 Å². The van der Waals surface area contributed by atoms with Gasteiger partial charge < -0.3 is 15.1 Å². The molecule has 0 unspecified atom stereocenters. The van der Waals surface area contributed by atoms with Gasteiger partial charge in [0.25, 0.3) is 0 Å². The Morgan fingerprint density at radius 1 is 1.25 bits per heavy atom. The van der Waals surface area contributed by atoms with Gasteiger partial charge in [-0.3, -0.25) is 4.79 Å². The fourth-order valence-corrected chi connectivity index (χ4v) is 3.65. The Bertz CT molecular complexity index is 666. The lowest BCUT2D eigenvalue weighted by Crippen LogP contribution is -2.47. The van der Waals surface area contributed by atoms with Crippen molar-refractivity contribution < 1.29 is 9.59 Å². The topological polar surface area (TPSA) is 52.7 Å². The second-order valence-electron chi connectivity index (χ2n) is 6.29. The summed E-state index contributed by atoms with van der Waals surface area (Å²) in [6.45, 7) is 4.75. The molecule has 6 heteroatoms. The van der Waals surface area contributed by atoms with Crippen LogP contribution in [0, 0.1) is 0 Å². The van der Waals surface area contributed by atoms with Crippen LogP contribution in [0.25, 0.3) is 5.57 Å². The van der Waals surface area contributed by atoms with E-state index in [1.807, 2.05) is 41.0 Å². The third-order valence-corrected chi connectivity index (χ3v) is 5.07. The van der Waals surface area contributed by atoms with E-state index in [1.54, 1.807) is 6.08 Å². The van der Waals surface area contributed by atoms with E-state index in [9.17, 15) is 9.59 Å². The van der Waals surface area contributed by atoms with E-state index >= 15 is 0 Å². The highest BCUT2D eigenvalue weighted by molar-refractivity contribution is 6.32. The molecule has 3 rings (SSSR count). The first-order valence-electron chi connectivity index (χ1n) is 8.33. The summed E-state index contributed by atoms with van der Waals surface area (Å²) in [5, 5.41) is 3.49. The molecule has 2 saturated heterocycles. The summed E-state index contributed by atoms with van der Waals surface area (Å²) in [4.78, 5) is 28.0. The van der Waals surface area contributed by atoms with E-state index in [0.29, 0.717) is 18.1 Å². The molecule has 1 aromatic rings. The maximum Gasteiger partial charge on any atom is 0.317 e. The summed E-state index contributed by atoms with van der Waals surface area (Å²) in [7, 11) is 0. The predicted molar refractivity (Wildman–Crippen MR) is 94.8 cm³/mol. The molecule has 0 radical (unpaired) electrons. The second kappa shape index (κ2) is 7.26. The Hall–Kier alpha value is -2.01. The van der Waals surface area contributed by atoms with Gasteiger partial charge in [0.15, 0.2) is 0 Å². The van der Waals surface area contributed by atoms with Crippen molar-refractivity contribution in [3.8, 4) is 0 Å². The number of carbonyl (C=O) groups excluding carboxylic acids is 2. The average molecular weight is 348 g/mol. The maximum atomic E-state index is 12.5. The lowest BCUT2D eigenvalue weighted by molar-refractivity contribution is -0.127. The second-order valence-corrected chi connectivity index (χ2v) is 6.70. The molecule has 1 N–H and O–H groups in total. The summed E-state index contributed by atoms with van der Waals surface area (Å²) >= 11 is 6.18. The smallest absolute Gasteiger partial charge is 0.317 e. The molecule has 0 saturated carbocycles. The molecule has 2 aliphatic heterocycles. The Kier molecular flexibility index (Phi) is 5.09. The third kappa shape index (κ3) is 3.56. The van der Waals surface area contributed by atoms with Gasteiger partial charge >= 0.3 is 6.03 Å². The number of halogens is 1. The van der Waals surface area contributed by atoms with E-state index < -0.39 is 0 Å². The monoisotopic (exact) mass is 347 g/mol. The van der Waals surface area contributed by atoms with E-state index in [2.05, 4.69) is 5.32 Å². The number of amides is 3. The average Bonchev–Trinajstić information content (AvgIpc) is 3.01. The van der Waals surface area contributed by atoms with Crippen molar-refractivity contribution in [2.45, 2.75) is 25.8 Å². The lowest BCUT2D eigenvalue weighted by atomic mass is 10.0. The standard InChI is InChI=1S/C18H22ClN3O2/c1-13(15-4-2-3-5-16(15)19)12-17(23)21-9-6-14(7-10-21)22-11-8-20-18(22)24/h2-5,12,14H,6-11H2,1H3,(H,20,24)/b13-12+. The van der Waals surface area contributed by atoms with Gasteiger partial charge in [-0.2, -0.15) is 0 Å². The molecule has 2 heterocycles. The van der Waals surface area contributed by atoms with Crippen molar-refractivity contribution in [3.05, 3.63) is 40.9 Å². The molecular formula is C18H22ClN3O2. The van der Waals surface area contributed by atoms with E-state index in [4.69, 9.17) is 11.6 Å². The molecule has 0 spiro atoms. The fourth-order valence-electron chi connectivity index (χ4n) is 3.37. The van der Waals surface area contributed by atoms with Crippen LogP contribution in [0.1, 0.15) is 25.3 Å². The summed E-state index contributed by atoms with van der Waals surface area (Å²) in [5.41, 5.74) is 1.75. The molecule has 24 heavy (non-hydrogen) atoms. The quantitative estimate of drug-likeness (QED) is 0.855. The fraction of sp³-hybridized carbons (Fsp3) is 0.444. The van der Waals surface area contributed by atoms with Crippen LogP contribution in [0.4, 0.5) is 4.79 Å². The Morgan fingerprint density at radius 3 is 2.58 bits per heavy atom. The van der Waals surface area contributed by atoms with E-state index in [1.165, 1.54) is 0 Å². The summed E-state index contributed by atoms with van der Waals surface area (Å²) < 4.78 is 0. The van der Waals surface area contributed by atoms with E-state index in [0.717, 1.165) is 37.1 Å². The van der Waals surface area contributed by atoms with Crippen molar-refractivity contribution in [3.63, 3.8) is 0 Å². The molecule has 3 amide bonds. The van der Waals surface area contributed by atoms with Gasteiger partial charge in [0.05, 0.1) is 0 Å². The van der Waals surface area contributed by atoms with Crippen molar-refractivity contribution in [2.75, 3.05) is 26.2 Å². The number of allylic oxidation sites excluding steroid dienone is 1. The number of piperidine rings is 1. The van der Waals surface area contributed by atoms with Gasteiger partial charge in [0.2, 0.25) is 5.91 Å². The third-order valence-electron chi connectivity index (χ3n) is 4.75. The normalized spacial score (nSPS) is 19.6. The van der Waals surface area contributed by atoms with Gasteiger partial charge in [-0.25, -0.2) is 4.79 Å². The number of hydrogen-bond acceptors (Lipinski definition) is 2. The molecule has 1 aromatic carbocycles. The van der Waals surface area contributed by atoms with Gasteiger partial charge in [-0.15, -0.1) is 0 Å². The number of benzene rings is 1. The van der Waals surface area contributed by atoms with Crippen molar-refractivity contribution >= 4 is 29.1 Å². The highest BCUT2D eigenvalue weighted by Gasteiger charge is 2.31. The zero-order valence-electron chi connectivity index (χ0n) is 13.8. The van der Waals surface area contributed by atoms with Crippen LogP contribution in [0.15, 0.2) is 30.3 Å². The first-order chi connectivity index (χ1) is 11.6. The predicted octanol–water partition coefficient (Wildman–Crippen LogP) is 2.76. The van der Waals surface area contributed by atoms with Crippen molar-refractivity contribution in [1.82, 2.24) is 15.1 Å². The lowest BCUT2D eigenvalue weighted by Gasteiger charge is -2.35. The van der Waals surface area contributed by atoms with Gasteiger partial charge in [-0.1, -0.05) is 29.8 Å². The van der Waals surface area contributed by atoms with Crippen LogP contribution in [-0.4, -0.2) is 54.0 Å². The van der Waals surface area contributed by atoms with Crippen LogP contribution in [0.2, 0.25) is 5.02 Å². The minimum atomic E-state index is 0.0109.